The van der Waals surface area contributed by atoms with Crippen LogP contribution in [0.5, 0.6) is 5.75 Å². The monoisotopic (exact) mass is 345 g/mol. The van der Waals surface area contributed by atoms with Gasteiger partial charge in [-0.3, -0.25) is 0 Å². The normalized spacial score (nSPS) is 16.9. The van der Waals surface area contributed by atoms with E-state index in [0.717, 1.165) is 37.2 Å². The van der Waals surface area contributed by atoms with Crippen LogP contribution in [-0.4, -0.2) is 17.7 Å². The van der Waals surface area contributed by atoms with Gasteiger partial charge in [-0.25, -0.2) is 8.78 Å². The zero-order chi connectivity index (χ0) is 17.8. The zero-order valence-corrected chi connectivity index (χ0v) is 13.9. The average molecular weight is 345 g/mol. The van der Waals surface area contributed by atoms with E-state index < -0.39 is 11.6 Å². The van der Waals surface area contributed by atoms with Crippen LogP contribution in [0, 0.1) is 11.6 Å². The van der Waals surface area contributed by atoms with E-state index in [9.17, 15) is 13.9 Å². The van der Waals surface area contributed by atoms with Gasteiger partial charge in [0.05, 0.1) is 5.76 Å². The molecule has 1 N–H and O–H groups in total. The summed E-state index contributed by atoms with van der Waals surface area (Å²) in [6, 6.07) is 11.7. The van der Waals surface area contributed by atoms with Crippen molar-refractivity contribution in [3.8, 4) is 5.75 Å². The highest BCUT2D eigenvalue weighted by atomic mass is 19.2. The standard InChI is InChI=1S/C20H21F2NO2/c1-14(24)11-17-3-2-10-23(17)16-5-7-18(8-6-16)25-13-15-4-9-19(21)20(22)12-15/h4-9,12,17,24H,1-3,10-11,13H2. The molecule has 0 amide bonds. The topological polar surface area (TPSA) is 32.7 Å². The number of halogens is 2. The molecule has 25 heavy (non-hydrogen) atoms. The van der Waals surface area contributed by atoms with E-state index in [4.69, 9.17) is 4.74 Å². The summed E-state index contributed by atoms with van der Waals surface area (Å²) in [5.41, 5.74) is 1.65. The van der Waals surface area contributed by atoms with E-state index >= 15 is 0 Å². The van der Waals surface area contributed by atoms with Crippen LogP contribution in [0.2, 0.25) is 0 Å². The van der Waals surface area contributed by atoms with Crippen molar-refractivity contribution in [2.45, 2.75) is 31.9 Å². The number of hydrogen-bond donors (Lipinski definition) is 1. The Labute approximate surface area is 146 Å². The lowest BCUT2D eigenvalue weighted by Gasteiger charge is -2.26. The summed E-state index contributed by atoms with van der Waals surface area (Å²) in [6.07, 6.45) is 2.70. The molecule has 0 aliphatic carbocycles. The molecule has 1 aliphatic rings. The van der Waals surface area contributed by atoms with Gasteiger partial charge in [0.1, 0.15) is 12.4 Å². The predicted molar refractivity (Wildman–Crippen MR) is 93.9 cm³/mol. The summed E-state index contributed by atoms with van der Waals surface area (Å²) in [5.74, 6) is -0.861. The Kier molecular flexibility index (Phi) is 5.22. The van der Waals surface area contributed by atoms with Gasteiger partial charge in [-0.1, -0.05) is 12.6 Å². The molecular formula is C20H21F2NO2. The highest BCUT2D eigenvalue weighted by Crippen LogP contribution is 2.30. The second kappa shape index (κ2) is 7.55. The smallest absolute Gasteiger partial charge is 0.159 e. The van der Waals surface area contributed by atoms with Crippen LogP contribution in [0.4, 0.5) is 14.5 Å². The van der Waals surface area contributed by atoms with E-state index in [0.29, 0.717) is 17.7 Å². The molecule has 1 fully saturated rings. The van der Waals surface area contributed by atoms with Gasteiger partial charge in [-0.05, 0) is 54.8 Å². The first-order valence-electron chi connectivity index (χ1n) is 8.33. The third-order valence-corrected chi connectivity index (χ3v) is 4.41. The summed E-state index contributed by atoms with van der Waals surface area (Å²) in [6.45, 7) is 4.71. The summed E-state index contributed by atoms with van der Waals surface area (Å²) >= 11 is 0. The van der Waals surface area contributed by atoms with Crippen LogP contribution >= 0.6 is 0 Å². The van der Waals surface area contributed by atoms with Crippen LogP contribution in [0.25, 0.3) is 0 Å². The second-order valence-corrected chi connectivity index (χ2v) is 6.29. The SMILES string of the molecule is C=C(O)CC1CCCN1c1ccc(OCc2ccc(F)c(F)c2)cc1. The molecule has 1 atom stereocenters. The Hall–Kier alpha value is -2.56. The first kappa shape index (κ1) is 17.3. The lowest BCUT2D eigenvalue weighted by Crippen LogP contribution is -2.29. The van der Waals surface area contributed by atoms with Crippen molar-refractivity contribution < 1.29 is 18.6 Å². The van der Waals surface area contributed by atoms with Crippen LogP contribution < -0.4 is 9.64 Å². The van der Waals surface area contributed by atoms with E-state index in [1.54, 1.807) is 0 Å². The van der Waals surface area contributed by atoms with Crippen molar-refractivity contribution in [3.63, 3.8) is 0 Å². The zero-order valence-electron chi connectivity index (χ0n) is 13.9. The third-order valence-electron chi connectivity index (χ3n) is 4.41. The molecule has 1 unspecified atom stereocenters. The van der Waals surface area contributed by atoms with Gasteiger partial charge in [-0.2, -0.15) is 0 Å². The number of benzene rings is 2. The van der Waals surface area contributed by atoms with Gasteiger partial charge < -0.3 is 14.7 Å². The number of nitrogens with zero attached hydrogens (tertiary/aromatic N) is 1. The summed E-state index contributed by atoms with van der Waals surface area (Å²) in [4.78, 5) is 2.26. The van der Waals surface area contributed by atoms with Crippen LogP contribution in [0.1, 0.15) is 24.8 Å². The Balaban J connectivity index is 1.62. The maximum atomic E-state index is 13.2. The Bertz CT molecular complexity index is 746. The van der Waals surface area contributed by atoms with Crippen LogP contribution in [-0.2, 0) is 6.61 Å². The van der Waals surface area contributed by atoms with E-state index in [-0.39, 0.29) is 18.4 Å². The molecule has 0 bridgehead atoms. The molecule has 2 aromatic rings. The van der Waals surface area contributed by atoms with Crippen molar-refractivity contribution in [2.24, 2.45) is 0 Å². The number of ether oxygens (including phenoxy) is 1. The van der Waals surface area contributed by atoms with Gasteiger partial charge in [0.25, 0.3) is 0 Å². The molecule has 3 nitrogen and oxygen atoms in total. The van der Waals surface area contributed by atoms with Gasteiger partial charge in [-0.15, -0.1) is 0 Å². The van der Waals surface area contributed by atoms with E-state index in [1.807, 2.05) is 24.3 Å². The minimum atomic E-state index is -0.873. The molecule has 0 saturated carbocycles. The Morgan fingerprint density at radius 3 is 2.60 bits per heavy atom. The van der Waals surface area contributed by atoms with Crippen LogP contribution in [0.3, 0.4) is 0 Å². The van der Waals surface area contributed by atoms with Crippen molar-refractivity contribution in [1.29, 1.82) is 0 Å². The Morgan fingerprint density at radius 1 is 1.16 bits per heavy atom. The number of hydrogen-bond acceptors (Lipinski definition) is 3. The second-order valence-electron chi connectivity index (χ2n) is 6.29. The molecule has 3 rings (SSSR count). The summed E-state index contributed by atoms with van der Waals surface area (Å²) < 4.78 is 31.8. The molecule has 1 heterocycles. The van der Waals surface area contributed by atoms with Crippen LogP contribution in [0.15, 0.2) is 54.8 Å². The average Bonchev–Trinajstić information content (AvgIpc) is 3.04. The molecule has 2 aromatic carbocycles. The first-order valence-corrected chi connectivity index (χ1v) is 8.33. The van der Waals surface area contributed by atoms with Gasteiger partial charge in [0.2, 0.25) is 0 Å². The lowest BCUT2D eigenvalue weighted by molar-refractivity contribution is 0.305. The molecule has 132 valence electrons. The third kappa shape index (κ3) is 4.29. The predicted octanol–water partition coefficient (Wildman–Crippen LogP) is 4.97. The molecule has 5 heteroatoms. The van der Waals surface area contributed by atoms with Gasteiger partial charge in [0.15, 0.2) is 11.6 Å². The number of anilines is 1. The van der Waals surface area contributed by atoms with Crippen molar-refractivity contribution >= 4 is 5.69 Å². The van der Waals surface area contributed by atoms with Crippen molar-refractivity contribution in [1.82, 2.24) is 0 Å². The lowest BCUT2D eigenvalue weighted by atomic mass is 10.1. The molecule has 0 spiro atoms. The highest BCUT2D eigenvalue weighted by molar-refractivity contribution is 5.51. The summed E-state index contributed by atoms with van der Waals surface area (Å²) in [7, 11) is 0. The van der Waals surface area contributed by atoms with Crippen molar-refractivity contribution in [2.75, 3.05) is 11.4 Å². The minimum Gasteiger partial charge on any atom is -0.513 e. The molecule has 1 saturated heterocycles. The van der Waals surface area contributed by atoms with E-state index in [2.05, 4.69) is 11.5 Å². The molecule has 0 radical (unpaired) electrons. The highest BCUT2D eigenvalue weighted by Gasteiger charge is 2.25. The fourth-order valence-electron chi connectivity index (χ4n) is 3.19. The fourth-order valence-corrected chi connectivity index (χ4v) is 3.19. The first-order chi connectivity index (χ1) is 12.0. The molecule has 1 aliphatic heterocycles. The fraction of sp³-hybridized carbons (Fsp3) is 0.300. The quantitative estimate of drug-likeness (QED) is 0.750. The number of aliphatic hydroxyl groups excluding tert-OH is 1. The largest absolute Gasteiger partial charge is 0.513 e. The summed E-state index contributed by atoms with van der Waals surface area (Å²) in [5, 5.41) is 9.45. The van der Waals surface area contributed by atoms with Gasteiger partial charge >= 0.3 is 0 Å². The maximum Gasteiger partial charge on any atom is 0.159 e. The Morgan fingerprint density at radius 2 is 1.92 bits per heavy atom. The number of aliphatic hydroxyl groups is 1. The maximum absolute atomic E-state index is 13.2. The van der Waals surface area contributed by atoms with Gasteiger partial charge in [0, 0.05) is 24.7 Å². The molecular weight excluding hydrogens is 324 g/mol. The van der Waals surface area contributed by atoms with Crippen molar-refractivity contribution in [3.05, 3.63) is 72.0 Å². The minimum absolute atomic E-state index is 0.174. The number of rotatable bonds is 6. The molecule has 0 aromatic heterocycles. The van der Waals surface area contributed by atoms with E-state index in [1.165, 1.54) is 6.07 Å².